The Hall–Kier alpha value is -2.01. The third-order valence-electron chi connectivity index (χ3n) is 2.98. The van der Waals surface area contributed by atoms with E-state index in [9.17, 15) is 4.79 Å². The number of amides is 2. The van der Waals surface area contributed by atoms with Crippen molar-refractivity contribution in [1.82, 2.24) is 15.5 Å². The summed E-state index contributed by atoms with van der Waals surface area (Å²) in [6.45, 7) is 3.21. The Morgan fingerprint density at radius 3 is 2.95 bits per heavy atom. The van der Waals surface area contributed by atoms with Gasteiger partial charge in [0, 0.05) is 32.4 Å². The molecular weight excluding hydrogens is 242 g/mol. The molecular formula is C14H19N3O2. The van der Waals surface area contributed by atoms with Crippen molar-refractivity contribution < 1.29 is 9.53 Å². The van der Waals surface area contributed by atoms with E-state index in [0.29, 0.717) is 0 Å². The molecule has 2 amide bonds. The highest BCUT2D eigenvalue weighted by Crippen LogP contribution is 2.13. The molecule has 5 heteroatoms. The fraction of sp³-hybridized carbons (Fsp3) is 0.357. The number of ether oxygens (including phenoxy) is 1. The largest absolute Gasteiger partial charge is 0.497 e. The van der Waals surface area contributed by atoms with Crippen LogP contribution in [0.15, 0.2) is 30.5 Å². The summed E-state index contributed by atoms with van der Waals surface area (Å²) in [5.74, 6) is 0.801. The third kappa shape index (κ3) is 3.99. The molecule has 0 saturated carbocycles. The topological polar surface area (TPSA) is 53.6 Å². The molecule has 0 bridgehead atoms. The van der Waals surface area contributed by atoms with Crippen LogP contribution in [-0.2, 0) is 0 Å². The number of carbonyl (C=O) groups excluding carboxylic acids is 1. The molecule has 1 aromatic rings. The standard InChI is InChI=1S/C14H19N3O2/c1-19-13-4-2-3-12(11-13)5-6-16-14(18)17-9-7-15-8-10-17/h2-6,11,15H,7-10H2,1H3,(H,16,18)/b6-5+. The summed E-state index contributed by atoms with van der Waals surface area (Å²) >= 11 is 0. The van der Waals surface area contributed by atoms with Crippen LogP contribution in [-0.4, -0.2) is 44.2 Å². The van der Waals surface area contributed by atoms with Gasteiger partial charge in [0.1, 0.15) is 5.75 Å². The minimum Gasteiger partial charge on any atom is -0.497 e. The fourth-order valence-electron chi connectivity index (χ4n) is 1.91. The summed E-state index contributed by atoms with van der Waals surface area (Å²) in [6.07, 6.45) is 3.52. The molecule has 0 radical (unpaired) electrons. The van der Waals surface area contributed by atoms with E-state index in [0.717, 1.165) is 37.5 Å². The van der Waals surface area contributed by atoms with Crippen LogP contribution in [0.2, 0.25) is 0 Å². The van der Waals surface area contributed by atoms with Crippen LogP contribution in [0, 0.1) is 0 Å². The first kappa shape index (κ1) is 13.4. The molecule has 2 N–H and O–H groups in total. The summed E-state index contributed by atoms with van der Waals surface area (Å²) in [6, 6.07) is 7.61. The van der Waals surface area contributed by atoms with Crippen molar-refractivity contribution in [1.29, 1.82) is 0 Å². The predicted octanol–water partition coefficient (Wildman–Crippen LogP) is 1.28. The molecule has 0 unspecified atom stereocenters. The second-order valence-electron chi connectivity index (χ2n) is 4.30. The van der Waals surface area contributed by atoms with E-state index in [-0.39, 0.29) is 6.03 Å². The van der Waals surface area contributed by atoms with Gasteiger partial charge in [-0.05, 0) is 23.8 Å². The zero-order valence-corrected chi connectivity index (χ0v) is 11.1. The van der Waals surface area contributed by atoms with Gasteiger partial charge in [-0.3, -0.25) is 0 Å². The molecule has 1 aliphatic rings. The average Bonchev–Trinajstić information content (AvgIpc) is 2.48. The Morgan fingerprint density at radius 2 is 2.21 bits per heavy atom. The SMILES string of the molecule is COc1cccc(/C=C/NC(=O)N2CCNCC2)c1. The number of hydrogen-bond acceptors (Lipinski definition) is 3. The van der Waals surface area contributed by atoms with Crippen molar-refractivity contribution in [3.63, 3.8) is 0 Å². The molecule has 0 aliphatic carbocycles. The molecule has 1 aliphatic heterocycles. The van der Waals surface area contributed by atoms with E-state index in [2.05, 4.69) is 10.6 Å². The van der Waals surface area contributed by atoms with E-state index in [1.54, 1.807) is 18.2 Å². The first-order chi connectivity index (χ1) is 9.29. The maximum atomic E-state index is 11.8. The first-order valence-corrected chi connectivity index (χ1v) is 6.36. The molecule has 2 rings (SSSR count). The zero-order valence-electron chi connectivity index (χ0n) is 11.1. The van der Waals surface area contributed by atoms with Gasteiger partial charge in [0.15, 0.2) is 0 Å². The van der Waals surface area contributed by atoms with E-state index in [4.69, 9.17) is 4.74 Å². The highest BCUT2D eigenvalue weighted by molar-refractivity contribution is 5.76. The minimum atomic E-state index is -0.0550. The van der Waals surface area contributed by atoms with E-state index in [1.807, 2.05) is 30.3 Å². The van der Waals surface area contributed by atoms with Crippen LogP contribution in [0.4, 0.5) is 4.79 Å². The fourth-order valence-corrected chi connectivity index (χ4v) is 1.91. The average molecular weight is 261 g/mol. The summed E-state index contributed by atoms with van der Waals surface area (Å²) in [5, 5.41) is 5.99. The van der Waals surface area contributed by atoms with E-state index < -0.39 is 0 Å². The maximum Gasteiger partial charge on any atom is 0.321 e. The number of nitrogens with one attached hydrogen (secondary N) is 2. The van der Waals surface area contributed by atoms with Crippen LogP contribution in [0.1, 0.15) is 5.56 Å². The highest BCUT2D eigenvalue weighted by atomic mass is 16.5. The molecule has 102 valence electrons. The van der Waals surface area contributed by atoms with Crippen molar-refractivity contribution in [2.24, 2.45) is 0 Å². The number of hydrogen-bond donors (Lipinski definition) is 2. The predicted molar refractivity (Wildman–Crippen MR) is 75.0 cm³/mol. The molecule has 1 aromatic carbocycles. The number of rotatable bonds is 3. The second-order valence-corrected chi connectivity index (χ2v) is 4.30. The Morgan fingerprint density at radius 1 is 1.42 bits per heavy atom. The Balaban J connectivity index is 1.86. The molecule has 0 atom stereocenters. The van der Waals surface area contributed by atoms with Gasteiger partial charge in [0.25, 0.3) is 0 Å². The van der Waals surface area contributed by atoms with Crippen LogP contribution < -0.4 is 15.4 Å². The first-order valence-electron chi connectivity index (χ1n) is 6.36. The van der Waals surface area contributed by atoms with Crippen LogP contribution >= 0.6 is 0 Å². The summed E-state index contributed by atoms with van der Waals surface area (Å²) in [4.78, 5) is 13.6. The number of benzene rings is 1. The van der Waals surface area contributed by atoms with Crippen LogP contribution in [0.3, 0.4) is 0 Å². The summed E-state index contributed by atoms with van der Waals surface area (Å²) in [5.41, 5.74) is 0.986. The van der Waals surface area contributed by atoms with E-state index >= 15 is 0 Å². The quantitative estimate of drug-likeness (QED) is 0.862. The van der Waals surface area contributed by atoms with Gasteiger partial charge in [-0.2, -0.15) is 0 Å². The lowest BCUT2D eigenvalue weighted by atomic mass is 10.2. The van der Waals surface area contributed by atoms with Crippen molar-refractivity contribution in [3.8, 4) is 5.75 Å². The van der Waals surface area contributed by atoms with Gasteiger partial charge < -0.3 is 20.3 Å². The Kier molecular flexibility index (Phi) is 4.80. The normalized spacial score (nSPS) is 15.5. The number of carbonyl (C=O) groups is 1. The lowest BCUT2D eigenvalue weighted by Crippen LogP contribution is -2.49. The monoisotopic (exact) mass is 261 g/mol. The molecule has 5 nitrogen and oxygen atoms in total. The number of nitrogens with zero attached hydrogens (tertiary/aromatic N) is 1. The van der Waals surface area contributed by atoms with Gasteiger partial charge in [-0.25, -0.2) is 4.79 Å². The van der Waals surface area contributed by atoms with Crippen LogP contribution in [0.25, 0.3) is 6.08 Å². The molecule has 1 fully saturated rings. The van der Waals surface area contributed by atoms with Gasteiger partial charge in [-0.1, -0.05) is 12.1 Å². The third-order valence-corrected chi connectivity index (χ3v) is 2.98. The molecule has 19 heavy (non-hydrogen) atoms. The second kappa shape index (κ2) is 6.80. The highest BCUT2D eigenvalue weighted by Gasteiger charge is 2.14. The number of urea groups is 1. The smallest absolute Gasteiger partial charge is 0.321 e. The Labute approximate surface area is 113 Å². The maximum absolute atomic E-state index is 11.8. The minimum absolute atomic E-state index is 0.0550. The van der Waals surface area contributed by atoms with E-state index in [1.165, 1.54) is 0 Å². The summed E-state index contributed by atoms with van der Waals surface area (Å²) < 4.78 is 5.14. The molecule has 1 saturated heterocycles. The number of piperazine rings is 1. The molecule has 0 aromatic heterocycles. The van der Waals surface area contributed by atoms with Gasteiger partial charge >= 0.3 is 6.03 Å². The van der Waals surface area contributed by atoms with Crippen molar-refractivity contribution >= 4 is 12.1 Å². The molecule has 1 heterocycles. The summed E-state index contributed by atoms with van der Waals surface area (Å²) in [7, 11) is 1.63. The van der Waals surface area contributed by atoms with Crippen molar-refractivity contribution in [3.05, 3.63) is 36.0 Å². The number of methoxy groups -OCH3 is 1. The van der Waals surface area contributed by atoms with Crippen molar-refractivity contribution in [2.75, 3.05) is 33.3 Å². The Bertz CT molecular complexity index is 454. The van der Waals surface area contributed by atoms with Gasteiger partial charge in [-0.15, -0.1) is 0 Å². The van der Waals surface area contributed by atoms with Crippen LogP contribution in [0.5, 0.6) is 5.75 Å². The van der Waals surface area contributed by atoms with Crippen molar-refractivity contribution in [2.45, 2.75) is 0 Å². The van der Waals surface area contributed by atoms with Gasteiger partial charge in [0.2, 0.25) is 0 Å². The lowest BCUT2D eigenvalue weighted by molar-refractivity contribution is 0.194. The lowest BCUT2D eigenvalue weighted by Gasteiger charge is -2.26. The van der Waals surface area contributed by atoms with Gasteiger partial charge in [0.05, 0.1) is 7.11 Å². The molecule has 0 spiro atoms. The zero-order chi connectivity index (χ0) is 13.5.